The first-order chi connectivity index (χ1) is 6.09. The molecule has 0 aromatic carbocycles. The number of anilines is 1. The van der Waals surface area contributed by atoms with Gasteiger partial charge in [0.2, 0.25) is 0 Å². The summed E-state index contributed by atoms with van der Waals surface area (Å²) in [4.78, 5) is 11.5. The molecule has 1 aromatic rings. The molecule has 5 heteroatoms. The van der Waals surface area contributed by atoms with Crippen molar-refractivity contribution in [3.63, 3.8) is 0 Å². The molecule has 1 aromatic heterocycles. The summed E-state index contributed by atoms with van der Waals surface area (Å²) >= 11 is 0. The van der Waals surface area contributed by atoms with Gasteiger partial charge in [-0.05, 0) is 19.8 Å². The standard InChI is InChI=1S/C8H12N4O/c1-8(2-3-8)10-7(13)5-4-6(9)12-11-5/h4H,2-3H2,1H3,(H,10,13)(H3,9,11,12). The minimum Gasteiger partial charge on any atom is -0.382 e. The molecule has 0 radical (unpaired) electrons. The van der Waals surface area contributed by atoms with Crippen LogP contribution in [0.4, 0.5) is 5.82 Å². The second-order valence-corrected chi connectivity index (χ2v) is 3.72. The van der Waals surface area contributed by atoms with Gasteiger partial charge >= 0.3 is 0 Å². The lowest BCUT2D eigenvalue weighted by Crippen LogP contribution is -2.34. The first kappa shape index (κ1) is 8.10. The number of nitrogens with one attached hydrogen (secondary N) is 2. The smallest absolute Gasteiger partial charge is 0.269 e. The normalized spacial score (nSPS) is 18.2. The Kier molecular flexibility index (Phi) is 1.55. The van der Waals surface area contributed by atoms with Gasteiger partial charge in [0, 0.05) is 11.6 Å². The quantitative estimate of drug-likeness (QED) is 0.611. The Hall–Kier alpha value is -1.52. The second kappa shape index (κ2) is 2.48. The van der Waals surface area contributed by atoms with E-state index in [4.69, 9.17) is 5.73 Å². The summed E-state index contributed by atoms with van der Waals surface area (Å²) in [5.74, 6) is 0.204. The molecule has 5 nitrogen and oxygen atoms in total. The first-order valence-electron chi connectivity index (χ1n) is 4.22. The Balaban J connectivity index is 2.05. The lowest BCUT2D eigenvalue weighted by molar-refractivity contribution is 0.0930. The third-order valence-electron chi connectivity index (χ3n) is 2.26. The van der Waals surface area contributed by atoms with Crippen molar-refractivity contribution < 1.29 is 4.79 Å². The fourth-order valence-electron chi connectivity index (χ4n) is 1.11. The molecule has 0 atom stereocenters. The van der Waals surface area contributed by atoms with E-state index in [0.717, 1.165) is 12.8 Å². The van der Waals surface area contributed by atoms with Crippen LogP contribution in [0.25, 0.3) is 0 Å². The van der Waals surface area contributed by atoms with Gasteiger partial charge in [-0.15, -0.1) is 0 Å². The third-order valence-corrected chi connectivity index (χ3v) is 2.26. The molecule has 0 spiro atoms. The van der Waals surface area contributed by atoms with Crippen LogP contribution >= 0.6 is 0 Å². The van der Waals surface area contributed by atoms with Gasteiger partial charge in [0.1, 0.15) is 11.5 Å². The number of hydrogen-bond donors (Lipinski definition) is 3. The maximum atomic E-state index is 11.5. The van der Waals surface area contributed by atoms with Crippen LogP contribution in [0.1, 0.15) is 30.3 Å². The molecule has 70 valence electrons. The second-order valence-electron chi connectivity index (χ2n) is 3.72. The minimum absolute atomic E-state index is 0.00302. The maximum absolute atomic E-state index is 11.5. The molecule has 1 amide bonds. The summed E-state index contributed by atoms with van der Waals surface area (Å²) in [5.41, 5.74) is 5.79. The van der Waals surface area contributed by atoms with Gasteiger partial charge in [0.25, 0.3) is 5.91 Å². The predicted octanol–water partition coefficient (Wildman–Crippen LogP) is 0.274. The molecule has 1 saturated carbocycles. The Morgan fingerprint density at radius 1 is 1.77 bits per heavy atom. The van der Waals surface area contributed by atoms with Crippen molar-refractivity contribution in [2.45, 2.75) is 25.3 Å². The molecule has 1 aliphatic rings. The number of carbonyl (C=O) groups excluding carboxylic acids is 1. The molecule has 1 fully saturated rings. The van der Waals surface area contributed by atoms with Gasteiger partial charge in [-0.25, -0.2) is 0 Å². The largest absolute Gasteiger partial charge is 0.382 e. The van der Waals surface area contributed by atoms with Crippen molar-refractivity contribution in [2.75, 3.05) is 5.73 Å². The summed E-state index contributed by atoms with van der Waals surface area (Å²) in [6.45, 7) is 2.02. The number of aromatic nitrogens is 2. The maximum Gasteiger partial charge on any atom is 0.269 e. The molecule has 4 N–H and O–H groups in total. The number of aromatic amines is 1. The topological polar surface area (TPSA) is 83.8 Å². The average molecular weight is 180 g/mol. The highest BCUT2D eigenvalue weighted by Gasteiger charge is 2.39. The van der Waals surface area contributed by atoms with Crippen LogP contribution in [-0.4, -0.2) is 21.6 Å². The van der Waals surface area contributed by atoms with E-state index >= 15 is 0 Å². The molecule has 0 saturated heterocycles. The molecular weight excluding hydrogens is 168 g/mol. The third kappa shape index (κ3) is 1.63. The highest BCUT2D eigenvalue weighted by Crippen LogP contribution is 2.34. The van der Waals surface area contributed by atoms with E-state index in [0.29, 0.717) is 11.5 Å². The number of nitrogens with two attached hydrogens (primary N) is 1. The Bertz CT molecular complexity index is 340. The summed E-state index contributed by atoms with van der Waals surface area (Å²) < 4.78 is 0. The number of carbonyl (C=O) groups is 1. The first-order valence-corrected chi connectivity index (χ1v) is 4.22. The summed E-state index contributed by atoms with van der Waals surface area (Å²) in [6, 6.07) is 1.53. The zero-order chi connectivity index (χ0) is 9.47. The van der Waals surface area contributed by atoms with Crippen LogP contribution in [0.2, 0.25) is 0 Å². The molecular formula is C8H12N4O. The zero-order valence-electron chi connectivity index (χ0n) is 7.42. The van der Waals surface area contributed by atoms with Crippen LogP contribution in [0.15, 0.2) is 6.07 Å². The fraction of sp³-hybridized carbons (Fsp3) is 0.500. The van der Waals surface area contributed by atoms with Crippen molar-refractivity contribution in [1.82, 2.24) is 15.5 Å². The Labute approximate surface area is 75.7 Å². The van der Waals surface area contributed by atoms with Gasteiger partial charge in [0.05, 0.1) is 0 Å². The van der Waals surface area contributed by atoms with Crippen molar-refractivity contribution in [3.05, 3.63) is 11.8 Å². The number of H-pyrrole nitrogens is 1. The highest BCUT2D eigenvalue weighted by molar-refractivity contribution is 5.93. The van der Waals surface area contributed by atoms with Crippen LogP contribution in [-0.2, 0) is 0 Å². The SMILES string of the molecule is CC1(NC(=O)c2cc(N)n[nH]2)CC1. The Morgan fingerprint density at radius 3 is 2.92 bits per heavy atom. The molecule has 1 heterocycles. The predicted molar refractivity (Wildman–Crippen MR) is 48.1 cm³/mol. The lowest BCUT2D eigenvalue weighted by Gasteiger charge is -2.09. The minimum atomic E-state index is -0.135. The van der Waals surface area contributed by atoms with E-state index in [2.05, 4.69) is 15.5 Å². The number of amides is 1. The molecule has 0 unspecified atom stereocenters. The lowest BCUT2D eigenvalue weighted by atomic mass is 10.3. The van der Waals surface area contributed by atoms with Crippen molar-refractivity contribution in [1.29, 1.82) is 0 Å². The molecule has 0 aliphatic heterocycles. The average Bonchev–Trinajstić information content (AvgIpc) is 2.62. The number of nitrogens with zero attached hydrogens (tertiary/aromatic N) is 1. The van der Waals surface area contributed by atoms with Crippen LogP contribution in [0.3, 0.4) is 0 Å². The highest BCUT2D eigenvalue weighted by atomic mass is 16.2. The van der Waals surface area contributed by atoms with E-state index in [1.54, 1.807) is 0 Å². The van der Waals surface area contributed by atoms with E-state index in [1.165, 1.54) is 6.07 Å². The van der Waals surface area contributed by atoms with Crippen LogP contribution < -0.4 is 11.1 Å². The van der Waals surface area contributed by atoms with E-state index < -0.39 is 0 Å². The van der Waals surface area contributed by atoms with E-state index in [9.17, 15) is 4.79 Å². The fourth-order valence-corrected chi connectivity index (χ4v) is 1.11. The number of rotatable bonds is 2. The summed E-state index contributed by atoms with van der Waals surface area (Å²) in [6.07, 6.45) is 2.09. The zero-order valence-corrected chi connectivity index (χ0v) is 7.42. The van der Waals surface area contributed by atoms with Crippen LogP contribution in [0.5, 0.6) is 0 Å². The Morgan fingerprint density at radius 2 is 2.46 bits per heavy atom. The number of nitrogen functional groups attached to an aromatic ring is 1. The summed E-state index contributed by atoms with van der Waals surface area (Å²) in [7, 11) is 0. The van der Waals surface area contributed by atoms with Crippen molar-refractivity contribution in [2.24, 2.45) is 0 Å². The molecule has 1 aliphatic carbocycles. The van der Waals surface area contributed by atoms with E-state index in [-0.39, 0.29) is 11.4 Å². The number of hydrogen-bond acceptors (Lipinski definition) is 3. The van der Waals surface area contributed by atoms with Gasteiger partial charge in [-0.2, -0.15) is 5.10 Å². The summed E-state index contributed by atoms with van der Waals surface area (Å²) in [5, 5.41) is 9.14. The van der Waals surface area contributed by atoms with Crippen molar-refractivity contribution in [3.8, 4) is 0 Å². The van der Waals surface area contributed by atoms with Gasteiger partial charge in [-0.1, -0.05) is 0 Å². The van der Waals surface area contributed by atoms with Gasteiger partial charge in [-0.3, -0.25) is 9.89 Å². The van der Waals surface area contributed by atoms with E-state index in [1.807, 2.05) is 6.92 Å². The van der Waals surface area contributed by atoms with Gasteiger partial charge < -0.3 is 11.1 Å². The van der Waals surface area contributed by atoms with Crippen LogP contribution in [0, 0.1) is 0 Å². The monoisotopic (exact) mass is 180 g/mol. The van der Waals surface area contributed by atoms with Gasteiger partial charge in [0.15, 0.2) is 0 Å². The van der Waals surface area contributed by atoms with Crippen molar-refractivity contribution >= 4 is 11.7 Å². The molecule has 13 heavy (non-hydrogen) atoms. The molecule has 0 bridgehead atoms. The molecule has 2 rings (SSSR count).